The van der Waals surface area contributed by atoms with E-state index in [1.165, 1.54) is 25.7 Å². The third-order valence-electron chi connectivity index (χ3n) is 4.03. The van der Waals surface area contributed by atoms with E-state index in [9.17, 15) is 4.79 Å². The molecular formula is C13H24O. The van der Waals surface area contributed by atoms with E-state index in [1.54, 1.807) is 0 Å². The molecule has 0 amide bonds. The molecule has 0 aliphatic heterocycles. The molecule has 1 aliphatic carbocycles. The van der Waals surface area contributed by atoms with Crippen LogP contribution in [0.4, 0.5) is 0 Å². The van der Waals surface area contributed by atoms with Crippen molar-refractivity contribution in [2.75, 3.05) is 0 Å². The minimum Gasteiger partial charge on any atom is -0.303 e. The van der Waals surface area contributed by atoms with E-state index in [1.807, 2.05) is 0 Å². The van der Waals surface area contributed by atoms with Gasteiger partial charge in [0.05, 0.1) is 0 Å². The standard InChI is InChI=1S/C13H24O/c1-10(2)12-4-6-13(7-5-12)11(3)8-9-14/h9-13H,4-8H2,1-3H3. The lowest BCUT2D eigenvalue weighted by Gasteiger charge is -2.33. The van der Waals surface area contributed by atoms with Crippen molar-refractivity contribution in [2.24, 2.45) is 23.7 Å². The number of carbonyl (C=O) groups excluding carboxylic acids is 1. The SMILES string of the molecule is CC(C)C1CCC(C(C)CC=O)CC1. The highest BCUT2D eigenvalue weighted by molar-refractivity contribution is 5.49. The fourth-order valence-electron chi connectivity index (χ4n) is 2.72. The molecule has 1 heteroatoms. The third-order valence-corrected chi connectivity index (χ3v) is 4.03. The summed E-state index contributed by atoms with van der Waals surface area (Å²) in [4.78, 5) is 10.4. The Morgan fingerprint density at radius 2 is 1.57 bits per heavy atom. The first-order chi connectivity index (χ1) is 6.65. The van der Waals surface area contributed by atoms with E-state index < -0.39 is 0 Å². The van der Waals surface area contributed by atoms with E-state index in [-0.39, 0.29) is 0 Å². The molecule has 0 heterocycles. The Hall–Kier alpha value is -0.330. The van der Waals surface area contributed by atoms with E-state index in [0.717, 1.165) is 30.5 Å². The monoisotopic (exact) mass is 196 g/mol. The summed E-state index contributed by atoms with van der Waals surface area (Å²) >= 11 is 0. The molecule has 1 saturated carbocycles. The van der Waals surface area contributed by atoms with Crippen molar-refractivity contribution in [3.63, 3.8) is 0 Å². The van der Waals surface area contributed by atoms with Gasteiger partial charge in [-0.1, -0.05) is 20.8 Å². The zero-order valence-corrected chi connectivity index (χ0v) is 9.83. The van der Waals surface area contributed by atoms with Gasteiger partial charge in [-0.2, -0.15) is 0 Å². The van der Waals surface area contributed by atoms with Crippen molar-refractivity contribution in [2.45, 2.75) is 52.9 Å². The number of rotatable bonds is 4. The average Bonchev–Trinajstić information content (AvgIpc) is 2.18. The molecule has 1 atom stereocenters. The smallest absolute Gasteiger partial charge is 0.120 e. The summed E-state index contributed by atoms with van der Waals surface area (Å²) in [5, 5.41) is 0. The molecule has 14 heavy (non-hydrogen) atoms. The molecule has 0 aromatic carbocycles. The van der Waals surface area contributed by atoms with Crippen LogP contribution in [0, 0.1) is 23.7 Å². The molecule has 0 bridgehead atoms. The number of aldehydes is 1. The van der Waals surface area contributed by atoms with Crippen LogP contribution >= 0.6 is 0 Å². The van der Waals surface area contributed by atoms with Gasteiger partial charge >= 0.3 is 0 Å². The fourth-order valence-corrected chi connectivity index (χ4v) is 2.72. The summed E-state index contributed by atoms with van der Waals surface area (Å²) in [5.41, 5.74) is 0. The van der Waals surface area contributed by atoms with Crippen LogP contribution < -0.4 is 0 Å². The number of carbonyl (C=O) groups is 1. The normalized spacial score (nSPS) is 30.3. The molecular weight excluding hydrogens is 172 g/mol. The van der Waals surface area contributed by atoms with Crippen molar-refractivity contribution in [1.29, 1.82) is 0 Å². The van der Waals surface area contributed by atoms with Crippen LogP contribution in [0.15, 0.2) is 0 Å². The van der Waals surface area contributed by atoms with Crippen LogP contribution in [0.25, 0.3) is 0 Å². The Morgan fingerprint density at radius 1 is 1.07 bits per heavy atom. The molecule has 1 fully saturated rings. The van der Waals surface area contributed by atoms with Gasteiger partial charge in [0.2, 0.25) is 0 Å². The van der Waals surface area contributed by atoms with Gasteiger partial charge in [-0.25, -0.2) is 0 Å². The first-order valence-corrected chi connectivity index (χ1v) is 6.08. The summed E-state index contributed by atoms with van der Waals surface area (Å²) in [6.45, 7) is 6.90. The zero-order chi connectivity index (χ0) is 10.6. The van der Waals surface area contributed by atoms with Gasteiger partial charge in [-0.3, -0.25) is 0 Å². The van der Waals surface area contributed by atoms with Gasteiger partial charge in [-0.15, -0.1) is 0 Å². The molecule has 1 nitrogen and oxygen atoms in total. The molecule has 0 aromatic rings. The number of hydrogen-bond donors (Lipinski definition) is 0. The van der Waals surface area contributed by atoms with Crippen molar-refractivity contribution >= 4 is 6.29 Å². The predicted molar refractivity (Wildman–Crippen MR) is 60.1 cm³/mol. The van der Waals surface area contributed by atoms with Gasteiger partial charge in [0, 0.05) is 6.42 Å². The van der Waals surface area contributed by atoms with E-state index in [0.29, 0.717) is 5.92 Å². The summed E-state index contributed by atoms with van der Waals surface area (Å²) < 4.78 is 0. The topological polar surface area (TPSA) is 17.1 Å². The van der Waals surface area contributed by atoms with Gasteiger partial charge in [0.1, 0.15) is 6.29 Å². The highest BCUT2D eigenvalue weighted by atomic mass is 16.1. The van der Waals surface area contributed by atoms with Crippen LogP contribution in [-0.4, -0.2) is 6.29 Å². The average molecular weight is 196 g/mol. The Morgan fingerprint density at radius 3 is 2.00 bits per heavy atom. The van der Waals surface area contributed by atoms with Crippen molar-refractivity contribution in [3.8, 4) is 0 Å². The van der Waals surface area contributed by atoms with E-state index >= 15 is 0 Å². The maximum absolute atomic E-state index is 10.4. The predicted octanol–water partition coefficient (Wildman–Crippen LogP) is 3.67. The lowest BCUT2D eigenvalue weighted by molar-refractivity contribution is -0.109. The summed E-state index contributed by atoms with van der Waals surface area (Å²) in [6, 6.07) is 0. The summed E-state index contributed by atoms with van der Waals surface area (Å²) in [5.74, 6) is 3.21. The molecule has 0 aromatic heterocycles. The fraction of sp³-hybridized carbons (Fsp3) is 0.923. The Bertz CT molecular complexity index is 166. The Balaban J connectivity index is 2.31. The zero-order valence-electron chi connectivity index (χ0n) is 9.83. The number of hydrogen-bond acceptors (Lipinski definition) is 1. The minimum atomic E-state index is 0.612. The van der Waals surface area contributed by atoms with Crippen LogP contribution in [0.3, 0.4) is 0 Å². The van der Waals surface area contributed by atoms with Crippen molar-refractivity contribution < 1.29 is 4.79 Å². The van der Waals surface area contributed by atoms with Crippen LogP contribution in [0.1, 0.15) is 52.9 Å². The van der Waals surface area contributed by atoms with Crippen molar-refractivity contribution in [1.82, 2.24) is 0 Å². The molecule has 0 radical (unpaired) electrons. The van der Waals surface area contributed by atoms with Gasteiger partial charge in [0.15, 0.2) is 0 Å². The molecule has 0 spiro atoms. The third kappa shape index (κ3) is 3.11. The molecule has 82 valence electrons. The first-order valence-electron chi connectivity index (χ1n) is 6.08. The van der Waals surface area contributed by atoms with Crippen LogP contribution in [0.5, 0.6) is 0 Å². The van der Waals surface area contributed by atoms with E-state index in [4.69, 9.17) is 0 Å². The second-order valence-electron chi connectivity index (χ2n) is 5.30. The summed E-state index contributed by atoms with van der Waals surface area (Å²) in [6.07, 6.45) is 7.29. The second kappa shape index (κ2) is 5.53. The molecule has 0 N–H and O–H groups in total. The maximum Gasteiger partial charge on any atom is 0.120 e. The lowest BCUT2D eigenvalue weighted by atomic mass is 9.72. The Labute approximate surface area is 88.3 Å². The quantitative estimate of drug-likeness (QED) is 0.627. The van der Waals surface area contributed by atoms with Crippen LogP contribution in [0.2, 0.25) is 0 Å². The van der Waals surface area contributed by atoms with Crippen LogP contribution in [-0.2, 0) is 4.79 Å². The lowest BCUT2D eigenvalue weighted by Crippen LogP contribution is -2.22. The minimum absolute atomic E-state index is 0.612. The maximum atomic E-state index is 10.4. The molecule has 0 saturated heterocycles. The molecule has 1 unspecified atom stereocenters. The highest BCUT2D eigenvalue weighted by Crippen LogP contribution is 2.37. The largest absolute Gasteiger partial charge is 0.303 e. The molecule has 1 aliphatic rings. The van der Waals surface area contributed by atoms with Gasteiger partial charge in [0.25, 0.3) is 0 Å². The molecule has 1 rings (SSSR count). The second-order valence-corrected chi connectivity index (χ2v) is 5.30. The van der Waals surface area contributed by atoms with E-state index in [2.05, 4.69) is 20.8 Å². The first kappa shape index (κ1) is 11.7. The Kier molecular flexibility index (Phi) is 4.64. The van der Waals surface area contributed by atoms with Crippen molar-refractivity contribution in [3.05, 3.63) is 0 Å². The van der Waals surface area contributed by atoms with Gasteiger partial charge < -0.3 is 4.79 Å². The highest BCUT2D eigenvalue weighted by Gasteiger charge is 2.26. The summed E-state index contributed by atoms with van der Waals surface area (Å²) in [7, 11) is 0. The van der Waals surface area contributed by atoms with Gasteiger partial charge in [-0.05, 0) is 49.4 Å².